The summed E-state index contributed by atoms with van der Waals surface area (Å²) in [4.78, 5) is 0. The maximum absolute atomic E-state index is 12.6. The molecule has 1 fully saturated rings. The van der Waals surface area contributed by atoms with Gasteiger partial charge in [-0.1, -0.05) is 0 Å². The fraction of sp³-hybridized carbons (Fsp3) is 0.833. The van der Waals surface area contributed by atoms with Gasteiger partial charge < -0.3 is 14.9 Å². The zero-order valence-electron chi connectivity index (χ0n) is 5.62. The van der Waals surface area contributed by atoms with Crippen LogP contribution >= 0.6 is 0 Å². The molecule has 4 heteroatoms. The van der Waals surface area contributed by atoms with Gasteiger partial charge in [-0.15, -0.1) is 0 Å². The summed E-state index contributed by atoms with van der Waals surface area (Å²) in [5.74, 6) is 0. The average Bonchev–Trinajstić information content (AvgIpc) is 2.10. The van der Waals surface area contributed by atoms with Crippen LogP contribution in [-0.2, 0) is 4.74 Å². The molecule has 3 nitrogen and oxygen atoms in total. The first-order valence-electron chi connectivity index (χ1n) is 3.05. The number of hydrogen-bond acceptors (Lipinski definition) is 3. The Balaban J connectivity index is 2.64. The minimum absolute atomic E-state index is 0.371. The Hall–Kier alpha value is -0.190. The molecule has 0 unspecified atom stereocenters. The average molecular weight is 149 g/mol. The van der Waals surface area contributed by atoms with Crippen LogP contribution in [0.4, 0.5) is 4.39 Å². The van der Waals surface area contributed by atoms with Gasteiger partial charge in [0.05, 0.1) is 6.61 Å². The molecule has 3 atom stereocenters. The summed E-state index contributed by atoms with van der Waals surface area (Å²) < 4.78 is 17.2. The largest absolute Gasteiger partial charge is 0.394 e. The molecule has 1 rings (SSSR count). The quantitative estimate of drug-likeness (QED) is 0.534. The third-order valence-corrected chi connectivity index (χ3v) is 1.74. The summed E-state index contributed by atoms with van der Waals surface area (Å²) in [7, 11) is 0. The molecule has 1 aliphatic heterocycles. The van der Waals surface area contributed by atoms with E-state index in [1.54, 1.807) is 0 Å². The van der Waals surface area contributed by atoms with Crippen LogP contribution in [0.1, 0.15) is 6.92 Å². The molecule has 0 spiro atoms. The highest BCUT2D eigenvalue weighted by Crippen LogP contribution is 2.30. The highest BCUT2D eigenvalue weighted by atomic mass is 19.1. The summed E-state index contributed by atoms with van der Waals surface area (Å²) in [5, 5.41) is 17.8. The smallest absolute Gasteiger partial charge is 0.160 e. The van der Waals surface area contributed by atoms with E-state index >= 15 is 0 Å². The maximum atomic E-state index is 12.6. The van der Waals surface area contributed by atoms with E-state index in [4.69, 9.17) is 5.11 Å². The number of rotatable bonds is 1. The molecule has 1 heterocycles. The molecule has 0 aromatic heterocycles. The first-order chi connectivity index (χ1) is 4.59. The molecule has 0 aromatic rings. The van der Waals surface area contributed by atoms with Crippen molar-refractivity contribution in [2.75, 3.05) is 6.61 Å². The van der Waals surface area contributed by atoms with E-state index in [1.165, 1.54) is 6.92 Å². The van der Waals surface area contributed by atoms with E-state index in [-0.39, 0.29) is 6.61 Å². The predicted octanol–water partition coefficient (Wildman–Crippen LogP) is -0.372. The van der Waals surface area contributed by atoms with Gasteiger partial charge in [-0.2, -0.15) is 0 Å². The van der Waals surface area contributed by atoms with Gasteiger partial charge >= 0.3 is 0 Å². The lowest BCUT2D eigenvalue weighted by molar-refractivity contribution is -0.0630. The van der Waals surface area contributed by atoms with E-state index in [0.29, 0.717) is 0 Å². The van der Waals surface area contributed by atoms with Crippen LogP contribution < -0.4 is 0 Å². The monoisotopic (exact) mass is 149 g/mol. The minimum atomic E-state index is -1.57. The van der Waals surface area contributed by atoms with E-state index in [0.717, 1.165) is 6.61 Å². The SMILES string of the molecule is C[C@]1(O)[C@H](F)[CH]O[C@@H]1CO. The van der Waals surface area contributed by atoms with Crippen LogP contribution in [0.3, 0.4) is 0 Å². The number of alkyl halides is 1. The summed E-state index contributed by atoms with van der Waals surface area (Å²) in [5.41, 5.74) is -1.57. The van der Waals surface area contributed by atoms with Crippen LogP contribution in [0.15, 0.2) is 0 Å². The van der Waals surface area contributed by atoms with Crippen LogP contribution in [0.25, 0.3) is 0 Å². The first kappa shape index (κ1) is 7.91. The Morgan fingerprint density at radius 1 is 1.80 bits per heavy atom. The van der Waals surface area contributed by atoms with Crippen molar-refractivity contribution in [3.8, 4) is 0 Å². The van der Waals surface area contributed by atoms with Gasteiger partial charge in [0.2, 0.25) is 0 Å². The molecule has 59 valence electrons. The molecular weight excluding hydrogens is 139 g/mol. The van der Waals surface area contributed by atoms with Crippen molar-refractivity contribution in [2.45, 2.75) is 24.8 Å². The summed E-state index contributed by atoms with van der Waals surface area (Å²) in [6, 6.07) is 0. The second-order valence-electron chi connectivity index (χ2n) is 2.57. The molecule has 1 radical (unpaired) electrons. The Morgan fingerprint density at radius 3 is 2.60 bits per heavy atom. The van der Waals surface area contributed by atoms with Crippen molar-refractivity contribution in [1.29, 1.82) is 0 Å². The normalized spacial score (nSPS) is 48.0. The minimum Gasteiger partial charge on any atom is -0.394 e. The van der Waals surface area contributed by atoms with E-state index in [9.17, 15) is 9.50 Å². The number of aliphatic hydroxyl groups is 2. The van der Waals surface area contributed by atoms with Crippen LogP contribution in [0.2, 0.25) is 0 Å². The van der Waals surface area contributed by atoms with Crippen LogP contribution in [0, 0.1) is 6.61 Å². The maximum Gasteiger partial charge on any atom is 0.160 e. The molecule has 0 aromatic carbocycles. The van der Waals surface area contributed by atoms with Crippen molar-refractivity contribution in [1.82, 2.24) is 0 Å². The van der Waals surface area contributed by atoms with Gasteiger partial charge in [-0.05, 0) is 6.92 Å². The highest BCUT2D eigenvalue weighted by Gasteiger charge is 2.47. The van der Waals surface area contributed by atoms with Gasteiger partial charge in [0.1, 0.15) is 18.3 Å². The highest BCUT2D eigenvalue weighted by molar-refractivity contribution is 5.00. The summed E-state index contributed by atoms with van der Waals surface area (Å²) >= 11 is 0. The Morgan fingerprint density at radius 2 is 2.40 bits per heavy atom. The van der Waals surface area contributed by atoms with Gasteiger partial charge in [0.25, 0.3) is 0 Å². The molecule has 1 aliphatic rings. The van der Waals surface area contributed by atoms with Crippen molar-refractivity contribution >= 4 is 0 Å². The van der Waals surface area contributed by atoms with E-state index in [2.05, 4.69) is 4.74 Å². The van der Waals surface area contributed by atoms with Crippen molar-refractivity contribution < 1.29 is 19.3 Å². The Bertz CT molecular complexity index is 126. The second kappa shape index (κ2) is 2.45. The number of aliphatic hydroxyl groups excluding tert-OH is 1. The van der Waals surface area contributed by atoms with Gasteiger partial charge in [-0.25, -0.2) is 4.39 Å². The molecule has 0 amide bonds. The molecule has 2 N–H and O–H groups in total. The lowest BCUT2D eigenvalue weighted by Gasteiger charge is -2.23. The third kappa shape index (κ3) is 1.02. The number of halogens is 1. The van der Waals surface area contributed by atoms with Gasteiger partial charge in [0.15, 0.2) is 6.17 Å². The number of ether oxygens (including phenoxy) is 1. The van der Waals surface area contributed by atoms with Crippen LogP contribution in [-0.4, -0.2) is 34.7 Å². The zero-order valence-corrected chi connectivity index (χ0v) is 5.62. The molecule has 10 heavy (non-hydrogen) atoms. The fourth-order valence-electron chi connectivity index (χ4n) is 0.845. The fourth-order valence-corrected chi connectivity index (χ4v) is 0.845. The lowest BCUT2D eigenvalue weighted by Crippen LogP contribution is -2.43. The van der Waals surface area contributed by atoms with Gasteiger partial charge in [0, 0.05) is 0 Å². The van der Waals surface area contributed by atoms with E-state index < -0.39 is 17.9 Å². The standard InChI is InChI=1S/C6H10FO3/c1-6(9)4(7)3-10-5(6)2-8/h3-5,8-9H,2H2,1H3/t4-,5-,6+/m1/s1. The lowest BCUT2D eigenvalue weighted by atomic mass is 9.97. The Labute approximate surface area is 58.4 Å². The summed E-state index contributed by atoms with van der Waals surface area (Å²) in [6.45, 7) is 1.83. The second-order valence-corrected chi connectivity index (χ2v) is 2.57. The molecular formula is C6H10FO3. The first-order valence-corrected chi connectivity index (χ1v) is 3.05. The van der Waals surface area contributed by atoms with Crippen LogP contribution in [0.5, 0.6) is 0 Å². The molecule has 0 aliphatic carbocycles. The van der Waals surface area contributed by atoms with Crippen molar-refractivity contribution in [3.05, 3.63) is 6.61 Å². The summed E-state index contributed by atoms with van der Waals surface area (Å²) in [6.07, 6.45) is -2.34. The molecule has 0 saturated carbocycles. The number of hydrogen-bond donors (Lipinski definition) is 2. The van der Waals surface area contributed by atoms with Gasteiger partial charge in [-0.3, -0.25) is 0 Å². The predicted molar refractivity (Wildman–Crippen MR) is 31.8 cm³/mol. The topological polar surface area (TPSA) is 49.7 Å². The third-order valence-electron chi connectivity index (χ3n) is 1.74. The van der Waals surface area contributed by atoms with Crippen molar-refractivity contribution in [2.24, 2.45) is 0 Å². The molecule has 1 saturated heterocycles. The van der Waals surface area contributed by atoms with Crippen molar-refractivity contribution in [3.63, 3.8) is 0 Å². The molecule has 0 bridgehead atoms. The Kier molecular flexibility index (Phi) is 1.94. The van der Waals surface area contributed by atoms with E-state index in [1.807, 2.05) is 0 Å². The zero-order chi connectivity index (χ0) is 7.78.